The van der Waals surface area contributed by atoms with Crippen molar-refractivity contribution in [2.24, 2.45) is 5.92 Å². The van der Waals surface area contributed by atoms with Crippen LogP contribution in [0, 0.1) is 5.92 Å². The molecule has 1 aliphatic rings. The van der Waals surface area contributed by atoms with E-state index in [2.05, 4.69) is 11.8 Å². The highest BCUT2D eigenvalue weighted by molar-refractivity contribution is 5.96. The summed E-state index contributed by atoms with van der Waals surface area (Å²) in [7, 11) is 0. The lowest BCUT2D eigenvalue weighted by atomic mass is 9.99. The van der Waals surface area contributed by atoms with Gasteiger partial charge in [-0.05, 0) is 63.0 Å². The fourth-order valence-corrected chi connectivity index (χ4v) is 2.59. The van der Waals surface area contributed by atoms with Gasteiger partial charge in [-0.2, -0.15) is 0 Å². The number of rotatable bonds is 5. The molecule has 4 nitrogen and oxygen atoms in total. The molecular weight excluding hydrogens is 254 g/mol. The molecule has 110 valence electrons. The first-order chi connectivity index (χ1) is 9.56. The molecule has 2 rings (SSSR count). The summed E-state index contributed by atoms with van der Waals surface area (Å²) in [5.74, 6) is 0.420. The number of nitrogens with zero attached hydrogens (tertiary/aromatic N) is 1. The van der Waals surface area contributed by atoms with Crippen molar-refractivity contribution in [1.82, 2.24) is 4.90 Å². The van der Waals surface area contributed by atoms with E-state index in [-0.39, 0.29) is 17.3 Å². The number of aromatic hydroxyl groups is 2. The van der Waals surface area contributed by atoms with Gasteiger partial charge in [-0.25, -0.2) is 0 Å². The Labute approximate surface area is 120 Å². The van der Waals surface area contributed by atoms with Crippen LogP contribution >= 0.6 is 0 Å². The standard InChI is InChI=1S/C16H23NO3/c1-12-6-9-17(10-7-12)8-2-3-14(18)13-4-5-15(19)16(20)11-13/h4-5,11-12,19-20H,2-3,6-10H2,1H3. The maximum atomic E-state index is 12.0. The van der Waals surface area contributed by atoms with Gasteiger partial charge in [0.15, 0.2) is 17.3 Å². The summed E-state index contributed by atoms with van der Waals surface area (Å²) < 4.78 is 0. The molecule has 1 aromatic rings. The quantitative estimate of drug-likeness (QED) is 0.642. The second kappa shape index (κ2) is 6.75. The minimum absolute atomic E-state index is 0.0191. The zero-order valence-corrected chi connectivity index (χ0v) is 12.0. The third-order valence-electron chi connectivity index (χ3n) is 4.05. The zero-order valence-electron chi connectivity index (χ0n) is 12.0. The molecule has 0 atom stereocenters. The number of carbonyl (C=O) groups is 1. The molecule has 0 saturated carbocycles. The van der Waals surface area contributed by atoms with Crippen molar-refractivity contribution in [2.75, 3.05) is 19.6 Å². The van der Waals surface area contributed by atoms with Gasteiger partial charge in [-0.15, -0.1) is 0 Å². The lowest BCUT2D eigenvalue weighted by molar-refractivity contribution is 0.0970. The van der Waals surface area contributed by atoms with Gasteiger partial charge in [0.25, 0.3) is 0 Å². The summed E-state index contributed by atoms with van der Waals surface area (Å²) in [6, 6.07) is 4.24. The number of phenols is 2. The van der Waals surface area contributed by atoms with E-state index in [0.717, 1.165) is 32.0 Å². The number of phenolic OH excluding ortho intramolecular Hbond substituents is 2. The third-order valence-corrected chi connectivity index (χ3v) is 4.05. The lowest BCUT2D eigenvalue weighted by Gasteiger charge is -2.29. The molecule has 1 saturated heterocycles. The van der Waals surface area contributed by atoms with Crippen LogP contribution in [0.25, 0.3) is 0 Å². The predicted octanol–water partition coefficient (Wildman–Crippen LogP) is 2.79. The largest absolute Gasteiger partial charge is 0.504 e. The van der Waals surface area contributed by atoms with E-state index in [9.17, 15) is 15.0 Å². The molecule has 20 heavy (non-hydrogen) atoms. The molecule has 1 fully saturated rings. The molecular formula is C16H23NO3. The highest BCUT2D eigenvalue weighted by Gasteiger charge is 2.16. The van der Waals surface area contributed by atoms with Crippen LogP contribution in [-0.2, 0) is 0 Å². The number of ketones is 1. The minimum atomic E-state index is -0.235. The number of likely N-dealkylation sites (tertiary alicyclic amines) is 1. The number of hydrogen-bond acceptors (Lipinski definition) is 4. The summed E-state index contributed by atoms with van der Waals surface area (Å²) in [4.78, 5) is 14.4. The number of benzene rings is 1. The summed E-state index contributed by atoms with van der Waals surface area (Å²) in [5.41, 5.74) is 0.465. The molecule has 2 N–H and O–H groups in total. The van der Waals surface area contributed by atoms with E-state index in [1.54, 1.807) is 6.07 Å². The van der Waals surface area contributed by atoms with Gasteiger partial charge in [0.05, 0.1) is 0 Å². The molecule has 1 aliphatic heterocycles. The highest BCUT2D eigenvalue weighted by Crippen LogP contribution is 2.25. The average molecular weight is 277 g/mol. The van der Waals surface area contributed by atoms with Crippen LogP contribution in [-0.4, -0.2) is 40.5 Å². The Morgan fingerprint density at radius 2 is 1.95 bits per heavy atom. The average Bonchev–Trinajstić information content (AvgIpc) is 2.44. The summed E-state index contributed by atoms with van der Waals surface area (Å²) in [5, 5.41) is 18.6. The van der Waals surface area contributed by atoms with Gasteiger partial charge < -0.3 is 15.1 Å². The molecule has 1 aromatic carbocycles. The SMILES string of the molecule is CC1CCN(CCCC(=O)c2ccc(O)c(O)c2)CC1. The number of piperidine rings is 1. The normalized spacial score (nSPS) is 17.2. The maximum absolute atomic E-state index is 12.0. The second-order valence-corrected chi connectivity index (χ2v) is 5.75. The summed E-state index contributed by atoms with van der Waals surface area (Å²) >= 11 is 0. The van der Waals surface area contributed by atoms with Crippen LogP contribution in [0.2, 0.25) is 0 Å². The smallest absolute Gasteiger partial charge is 0.163 e. The van der Waals surface area contributed by atoms with E-state index < -0.39 is 0 Å². The van der Waals surface area contributed by atoms with Crippen molar-refractivity contribution in [1.29, 1.82) is 0 Å². The van der Waals surface area contributed by atoms with Crippen molar-refractivity contribution in [3.8, 4) is 11.5 Å². The Morgan fingerprint density at radius 3 is 2.60 bits per heavy atom. The Kier molecular flexibility index (Phi) is 5.01. The lowest BCUT2D eigenvalue weighted by Crippen LogP contribution is -2.33. The fourth-order valence-electron chi connectivity index (χ4n) is 2.59. The van der Waals surface area contributed by atoms with Crippen LogP contribution in [0.1, 0.15) is 43.0 Å². The second-order valence-electron chi connectivity index (χ2n) is 5.75. The van der Waals surface area contributed by atoms with Crippen LogP contribution in [0.3, 0.4) is 0 Å². The topological polar surface area (TPSA) is 60.8 Å². The molecule has 0 unspecified atom stereocenters. The molecule has 0 amide bonds. The van der Waals surface area contributed by atoms with E-state index in [0.29, 0.717) is 12.0 Å². The van der Waals surface area contributed by atoms with Crippen LogP contribution in [0.5, 0.6) is 11.5 Å². The molecule has 0 aromatic heterocycles. The van der Waals surface area contributed by atoms with Gasteiger partial charge in [-0.3, -0.25) is 4.79 Å². The van der Waals surface area contributed by atoms with Gasteiger partial charge in [0.2, 0.25) is 0 Å². The van der Waals surface area contributed by atoms with Crippen molar-refractivity contribution >= 4 is 5.78 Å². The van der Waals surface area contributed by atoms with Gasteiger partial charge in [-0.1, -0.05) is 6.92 Å². The summed E-state index contributed by atoms with van der Waals surface area (Å²) in [6.07, 6.45) is 3.82. The number of Topliss-reactive ketones (excluding diaryl/α,β-unsaturated/α-hetero) is 1. The Bertz CT molecular complexity index is 465. The molecule has 0 radical (unpaired) electrons. The third kappa shape index (κ3) is 3.97. The zero-order chi connectivity index (χ0) is 14.5. The molecule has 0 aliphatic carbocycles. The van der Waals surface area contributed by atoms with Crippen molar-refractivity contribution in [3.63, 3.8) is 0 Å². The monoisotopic (exact) mass is 277 g/mol. The molecule has 4 heteroatoms. The molecule has 0 bridgehead atoms. The fraction of sp³-hybridized carbons (Fsp3) is 0.562. The van der Waals surface area contributed by atoms with E-state index in [1.807, 2.05) is 0 Å². The predicted molar refractivity (Wildman–Crippen MR) is 78.2 cm³/mol. The summed E-state index contributed by atoms with van der Waals surface area (Å²) in [6.45, 7) is 5.52. The van der Waals surface area contributed by atoms with Crippen molar-refractivity contribution in [3.05, 3.63) is 23.8 Å². The Morgan fingerprint density at radius 1 is 1.25 bits per heavy atom. The van der Waals surface area contributed by atoms with E-state index in [1.165, 1.54) is 25.0 Å². The first-order valence-corrected chi connectivity index (χ1v) is 7.34. The van der Waals surface area contributed by atoms with Crippen molar-refractivity contribution < 1.29 is 15.0 Å². The maximum Gasteiger partial charge on any atom is 0.163 e. The molecule has 0 spiro atoms. The van der Waals surface area contributed by atoms with Crippen molar-refractivity contribution in [2.45, 2.75) is 32.6 Å². The Hall–Kier alpha value is -1.55. The first kappa shape index (κ1) is 14.9. The van der Waals surface area contributed by atoms with Gasteiger partial charge in [0, 0.05) is 12.0 Å². The Balaban J connectivity index is 1.76. The van der Waals surface area contributed by atoms with Gasteiger partial charge in [0.1, 0.15) is 0 Å². The molecule has 1 heterocycles. The first-order valence-electron chi connectivity index (χ1n) is 7.34. The number of hydrogen-bond donors (Lipinski definition) is 2. The van der Waals surface area contributed by atoms with E-state index in [4.69, 9.17) is 0 Å². The van der Waals surface area contributed by atoms with Gasteiger partial charge >= 0.3 is 0 Å². The highest BCUT2D eigenvalue weighted by atomic mass is 16.3. The van der Waals surface area contributed by atoms with Crippen LogP contribution < -0.4 is 0 Å². The van der Waals surface area contributed by atoms with Crippen LogP contribution in [0.4, 0.5) is 0 Å². The van der Waals surface area contributed by atoms with E-state index >= 15 is 0 Å². The minimum Gasteiger partial charge on any atom is -0.504 e. The number of carbonyl (C=O) groups excluding carboxylic acids is 1. The van der Waals surface area contributed by atoms with Crippen LogP contribution in [0.15, 0.2) is 18.2 Å².